The van der Waals surface area contributed by atoms with E-state index in [1.807, 2.05) is 61.7 Å². The molecule has 9 nitrogen and oxygen atoms in total. The molecule has 0 amide bonds. The van der Waals surface area contributed by atoms with Gasteiger partial charge >= 0.3 is 5.63 Å². The van der Waals surface area contributed by atoms with Crippen LogP contribution in [0, 0.1) is 6.92 Å². The molecule has 7 heterocycles. The number of nitrogens with zero attached hydrogens (tertiary/aromatic N) is 5. The van der Waals surface area contributed by atoms with Crippen molar-refractivity contribution in [2.24, 2.45) is 0 Å². The minimum atomic E-state index is -0.381. The lowest BCUT2D eigenvalue weighted by molar-refractivity contribution is 0.560. The minimum absolute atomic E-state index is 0.381. The van der Waals surface area contributed by atoms with Crippen LogP contribution in [-0.2, 0) is 0 Å². The van der Waals surface area contributed by atoms with Crippen LogP contribution in [0.25, 0.3) is 119 Å². The predicted molar refractivity (Wildman–Crippen MR) is 262 cm³/mol. The van der Waals surface area contributed by atoms with E-state index in [4.69, 9.17) is 14.4 Å². The molecule has 12 rings (SSSR count). The Kier molecular flexibility index (Phi) is 8.98. The molecule has 0 aliphatic carbocycles. The van der Waals surface area contributed by atoms with Crippen LogP contribution in [0.2, 0.25) is 0 Å². The molecule has 2 aliphatic heterocycles. The molecule has 2 N–H and O–H groups in total. The molecule has 0 saturated heterocycles. The average molecular weight is 840 g/mol. The number of nitrogens with one attached hydrogen (secondary N) is 2. The van der Waals surface area contributed by atoms with Crippen LogP contribution in [0.15, 0.2) is 179 Å². The van der Waals surface area contributed by atoms with Crippen molar-refractivity contribution >= 4 is 57.3 Å². The lowest BCUT2D eigenvalue weighted by Crippen LogP contribution is -1.97. The monoisotopic (exact) mass is 839 g/mol. The third-order valence-corrected chi connectivity index (χ3v) is 12.1. The summed E-state index contributed by atoms with van der Waals surface area (Å²) in [7, 11) is 0. The van der Waals surface area contributed by atoms with Crippen LogP contribution in [0.3, 0.4) is 0 Å². The Balaban J connectivity index is 1.07. The highest BCUT2D eigenvalue weighted by molar-refractivity contribution is 6.00. The van der Waals surface area contributed by atoms with Gasteiger partial charge in [-0.15, -0.1) is 5.10 Å². The summed E-state index contributed by atoms with van der Waals surface area (Å²) in [5, 5.41) is 9.85. The first kappa shape index (κ1) is 37.8. The summed E-state index contributed by atoms with van der Waals surface area (Å²) in [6, 6.07) is 55.4. The van der Waals surface area contributed by atoms with Gasteiger partial charge in [0.1, 0.15) is 11.3 Å². The zero-order valence-corrected chi connectivity index (χ0v) is 35.0. The number of fused-ring (bicyclic) bond motifs is 9. The van der Waals surface area contributed by atoms with Crippen molar-refractivity contribution in [3.63, 3.8) is 0 Å². The van der Waals surface area contributed by atoms with Gasteiger partial charge in [-0.05, 0) is 102 Å². The lowest BCUT2D eigenvalue weighted by atomic mass is 10.0. The van der Waals surface area contributed by atoms with Gasteiger partial charge in [0.25, 0.3) is 0 Å². The minimum Gasteiger partial charge on any atom is -0.423 e. The SMILES string of the molecule is Cc1cc(=O)oc2cc(-c3cn(-c4ccc(-c5c6nc(c(-c7ccccc7)c7ccc([nH]7)c(-c7ccccc7)c7nc(c(-c8ccccc8)c8ccc5[nH]8)C=C7)C=C6)cc4)nn3)ccc12. The van der Waals surface area contributed by atoms with Crippen molar-refractivity contribution < 1.29 is 4.42 Å². The van der Waals surface area contributed by atoms with Crippen molar-refractivity contribution in [3.05, 3.63) is 209 Å². The Labute approximate surface area is 372 Å². The number of benzene rings is 5. The van der Waals surface area contributed by atoms with Gasteiger partial charge in [0, 0.05) is 61.3 Å². The summed E-state index contributed by atoms with van der Waals surface area (Å²) in [5.41, 5.74) is 18.5. The zero-order chi connectivity index (χ0) is 43.4. The molecule has 2 aliphatic rings. The van der Waals surface area contributed by atoms with E-state index in [0.29, 0.717) is 11.3 Å². The summed E-state index contributed by atoms with van der Waals surface area (Å²) in [4.78, 5) is 30.6. The molecule has 5 aromatic heterocycles. The fourth-order valence-corrected chi connectivity index (χ4v) is 9.02. The molecule has 8 bridgehead atoms. The van der Waals surface area contributed by atoms with E-state index in [9.17, 15) is 4.79 Å². The third kappa shape index (κ3) is 6.79. The van der Waals surface area contributed by atoms with E-state index in [1.165, 1.54) is 6.07 Å². The summed E-state index contributed by atoms with van der Waals surface area (Å²) in [6.45, 7) is 1.90. The quantitative estimate of drug-likeness (QED) is 0.161. The van der Waals surface area contributed by atoms with E-state index in [1.54, 1.807) is 4.68 Å². The maximum atomic E-state index is 12.1. The molecule has 0 radical (unpaired) electrons. The zero-order valence-electron chi connectivity index (χ0n) is 35.0. The molecule has 308 valence electrons. The second-order valence-electron chi connectivity index (χ2n) is 16.2. The first-order valence-electron chi connectivity index (χ1n) is 21.4. The molecule has 0 spiro atoms. The van der Waals surface area contributed by atoms with Gasteiger partial charge < -0.3 is 14.4 Å². The van der Waals surface area contributed by atoms with Gasteiger partial charge in [0.15, 0.2) is 0 Å². The molecule has 10 aromatic rings. The number of aromatic nitrogens is 7. The molecule has 0 saturated carbocycles. The summed E-state index contributed by atoms with van der Waals surface area (Å²) >= 11 is 0. The maximum absolute atomic E-state index is 12.1. The highest BCUT2D eigenvalue weighted by Crippen LogP contribution is 2.38. The van der Waals surface area contributed by atoms with Gasteiger partial charge in [-0.3, -0.25) is 0 Å². The van der Waals surface area contributed by atoms with Crippen LogP contribution in [0.4, 0.5) is 0 Å². The Morgan fingerprint density at radius 2 is 0.908 bits per heavy atom. The number of rotatable bonds is 6. The molecule has 0 atom stereocenters. The second kappa shape index (κ2) is 15.4. The second-order valence-corrected chi connectivity index (χ2v) is 16.2. The highest BCUT2D eigenvalue weighted by Gasteiger charge is 2.19. The van der Waals surface area contributed by atoms with Gasteiger partial charge in [0.2, 0.25) is 0 Å². The van der Waals surface area contributed by atoms with Crippen molar-refractivity contribution in [1.29, 1.82) is 0 Å². The highest BCUT2D eigenvalue weighted by atomic mass is 16.4. The van der Waals surface area contributed by atoms with E-state index < -0.39 is 0 Å². The fourth-order valence-electron chi connectivity index (χ4n) is 9.02. The Hall–Kier alpha value is -8.95. The van der Waals surface area contributed by atoms with E-state index in [2.05, 4.69) is 154 Å². The first-order valence-corrected chi connectivity index (χ1v) is 21.4. The van der Waals surface area contributed by atoms with E-state index in [-0.39, 0.29) is 5.63 Å². The number of hydrogen-bond donors (Lipinski definition) is 2. The number of H-pyrrole nitrogens is 2. The Morgan fingerprint density at radius 1 is 0.477 bits per heavy atom. The summed E-state index contributed by atoms with van der Waals surface area (Å²) in [5.74, 6) is 0. The third-order valence-electron chi connectivity index (χ3n) is 12.1. The van der Waals surface area contributed by atoms with Crippen LogP contribution in [-0.4, -0.2) is 34.9 Å². The van der Waals surface area contributed by atoms with Gasteiger partial charge in [-0.1, -0.05) is 120 Å². The molecule has 0 fully saturated rings. The van der Waals surface area contributed by atoms with E-state index >= 15 is 0 Å². The Bertz CT molecular complexity index is 3750. The maximum Gasteiger partial charge on any atom is 0.336 e. The molecule has 5 aromatic carbocycles. The van der Waals surface area contributed by atoms with Crippen molar-refractivity contribution in [3.8, 4) is 61.5 Å². The van der Waals surface area contributed by atoms with Crippen LogP contribution in [0.1, 0.15) is 28.3 Å². The molecule has 0 unspecified atom stereocenters. The summed E-state index contributed by atoms with van der Waals surface area (Å²) in [6.07, 6.45) is 10.3. The van der Waals surface area contributed by atoms with Crippen molar-refractivity contribution in [2.75, 3.05) is 0 Å². The van der Waals surface area contributed by atoms with Crippen LogP contribution in [0.5, 0.6) is 0 Å². The number of aromatic amines is 2. The van der Waals surface area contributed by atoms with Crippen LogP contribution < -0.4 is 5.63 Å². The van der Waals surface area contributed by atoms with Gasteiger partial charge in [-0.2, -0.15) is 0 Å². The van der Waals surface area contributed by atoms with Crippen molar-refractivity contribution in [2.45, 2.75) is 6.92 Å². The van der Waals surface area contributed by atoms with Gasteiger partial charge in [-0.25, -0.2) is 19.4 Å². The Morgan fingerprint density at radius 3 is 1.37 bits per heavy atom. The average Bonchev–Trinajstić information content (AvgIpc) is 4.21. The molecular formula is C56H37N7O2. The lowest BCUT2D eigenvalue weighted by Gasteiger charge is -2.07. The topological polar surface area (TPSA) is 118 Å². The number of hydrogen-bond acceptors (Lipinski definition) is 6. The standard InChI is InChI=1S/C56H37N7O2/c1-34-31-52(64)65-51-32-39(19-22-41(34)51)50-33-63(62-61-50)40-20-17-38(18-21-40)56-48-29-27-46(59-48)54(36-13-7-3-8-14-36)44-25-23-42(57-44)53(35-11-5-2-6-12-35)43-24-26-45(58-43)55(37-15-9-4-10-16-37)47-28-30-49(56)60-47/h2-33,57,60H,1H3. The fraction of sp³-hybridized carbons (Fsp3) is 0.0179. The summed E-state index contributed by atoms with van der Waals surface area (Å²) < 4.78 is 7.26. The smallest absolute Gasteiger partial charge is 0.336 e. The molecule has 65 heavy (non-hydrogen) atoms. The van der Waals surface area contributed by atoms with Gasteiger partial charge in [0.05, 0.1) is 34.7 Å². The largest absolute Gasteiger partial charge is 0.423 e. The predicted octanol–water partition coefficient (Wildman–Crippen LogP) is 13.0. The van der Waals surface area contributed by atoms with Crippen molar-refractivity contribution in [1.82, 2.24) is 34.9 Å². The van der Waals surface area contributed by atoms with Crippen LogP contribution >= 0.6 is 0 Å². The molecule has 9 heteroatoms. The normalized spacial score (nSPS) is 12.0. The van der Waals surface area contributed by atoms with E-state index in [0.717, 1.165) is 112 Å². The molecular weight excluding hydrogens is 803 g/mol. The number of aryl methyl sites for hydroxylation is 1. The first-order chi connectivity index (χ1) is 32.0.